The van der Waals surface area contributed by atoms with E-state index in [4.69, 9.17) is 5.11 Å². The normalized spacial score (nSPS) is 10.1. The molecular formula is C12H15ClN2O. The lowest BCUT2D eigenvalue weighted by Gasteiger charge is -2.03. The summed E-state index contributed by atoms with van der Waals surface area (Å²) in [5.41, 5.74) is 2.02. The summed E-state index contributed by atoms with van der Waals surface area (Å²) in [6.45, 7) is 1.47. The van der Waals surface area contributed by atoms with Crippen LogP contribution in [0.5, 0.6) is 0 Å². The molecule has 0 fully saturated rings. The van der Waals surface area contributed by atoms with Gasteiger partial charge < -0.3 is 10.4 Å². The Kier molecular flexibility index (Phi) is 5.19. The zero-order valence-electron chi connectivity index (χ0n) is 8.89. The predicted octanol–water partition coefficient (Wildman–Crippen LogP) is 1.74. The van der Waals surface area contributed by atoms with E-state index in [-0.39, 0.29) is 19.0 Å². The molecule has 1 heterocycles. The van der Waals surface area contributed by atoms with Crippen molar-refractivity contribution in [3.05, 3.63) is 42.1 Å². The Morgan fingerprint density at radius 2 is 1.94 bits per heavy atom. The van der Waals surface area contributed by atoms with Crippen LogP contribution in [0, 0.1) is 0 Å². The molecule has 0 amide bonds. The Bertz CT molecular complexity index is 448. The fraction of sp³-hybridized carbons (Fsp3) is 0.250. The summed E-state index contributed by atoms with van der Waals surface area (Å²) in [6.07, 6.45) is 0. The summed E-state index contributed by atoms with van der Waals surface area (Å²) in [5.74, 6) is 0. The number of aliphatic hydroxyl groups excluding tert-OH is 1. The first-order valence-electron chi connectivity index (χ1n) is 5.06. The number of fused-ring (bicyclic) bond motifs is 1. The molecule has 0 aliphatic rings. The van der Waals surface area contributed by atoms with Crippen LogP contribution in [0.4, 0.5) is 0 Å². The fourth-order valence-electron chi connectivity index (χ4n) is 1.50. The first-order chi connectivity index (χ1) is 7.40. The van der Waals surface area contributed by atoms with Crippen LogP contribution in [0.1, 0.15) is 5.69 Å². The second-order valence-corrected chi connectivity index (χ2v) is 3.40. The topological polar surface area (TPSA) is 45.1 Å². The number of pyridine rings is 1. The van der Waals surface area contributed by atoms with Crippen LogP contribution in [0.25, 0.3) is 10.9 Å². The van der Waals surface area contributed by atoms with Gasteiger partial charge in [0.05, 0.1) is 17.8 Å². The Balaban J connectivity index is 0.00000128. The van der Waals surface area contributed by atoms with Crippen LogP contribution in [0.15, 0.2) is 36.4 Å². The van der Waals surface area contributed by atoms with E-state index < -0.39 is 0 Å². The van der Waals surface area contributed by atoms with Gasteiger partial charge in [0.2, 0.25) is 0 Å². The molecule has 2 aromatic rings. The molecule has 0 radical (unpaired) electrons. The summed E-state index contributed by atoms with van der Waals surface area (Å²) in [5, 5.41) is 12.9. The highest BCUT2D eigenvalue weighted by Crippen LogP contribution is 2.11. The number of hydrogen-bond donors (Lipinski definition) is 2. The van der Waals surface area contributed by atoms with E-state index in [1.807, 2.05) is 30.3 Å². The van der Waals surface area contributed by atoms with E-state index in [1.54, 1.807) is 0 Å². The summed E-state index contributed by atoms with van der Waals surface area (Å²) in [6, 6.07) is 12.1. The molecular weight excluding hydrogens is 224 g/mol. The van der Waals surface area contributed by atoms with Gasteiger partial charge in [-0.3, -0.25) is 4.98 Å². The molecule has 0 atom stereocenters. The number of aliphatic hydroxyl groups is 1. The monoisotopic (exact) mass is 238 g/mol. The SMILES string of the molecule is Cl.OCCNCc1ccc2ccccc2n1. The van der Waals surface area contributed by atoms with E-state index in [1.165, 1.54) is 0 Å². The highest BCUT2D eigenvalue weighted by molar-refractivity contribution is 5.85. The first kappa shape index (κ1) is 12.9. The van der Waals surface area contributed by atoms with Crippen molar-refractivity contribution in [2.45, 2.75) is 6.54 Å². The molecule has 2 N–H and O–H groups in total. The third-order valence-electron chi connectivity index (χ3n) is 2.25. The average Bonchev–Trinajstić information content (AvgIpc) is 2.29. The van der Waals surface area contributed by atoms with Crippen LogP contribution in [-0.4, -0.2) is 23.2 Å². The zero-order valence-corrected chi connectivity index (χ0v) is 9.70. The van der Waals surface area contributed by atoms with Crippen LogP contribution in [0.3, 0.4) is 0 Å². The number of halogens is 1. The number of hydrogen-bond acceptors (Lipinski definition) is 3. The van der Waals surface area contributed by atoms with E-state index in [9.17, 15) is 0 Å². The third kappa shape index (κ3) is 3.17. The van der Waals surface area contributed by atoms with Gasteiger partial charge in [-0.25, -0.2) is 0 Å². The molecule has 0 saturated carbocycles. The largest absolute Gasteiger partial charge is 0.395 e. The van der Waals surface area contributed by atoms with Crippen molar-refractivity contribution < 1.29 is 5.11 Å². The number of para-hydroxylation sites is 1. The quantitative estimate of drug-likeness (QED) is 0.798. The Morgan fingerprint density at radius 3 is 2.75 bits per heavy atom. The van der Waals surface area contributed by atoms with E-state index in [2.05, 4.69) is 16.4 Å². The predicted molar refractivity (Wildman–Crippen MR) is 67.8 cm³/mol. The maximum atomic E-state index is 8.63. The van der Waals surface area contributed by atoms with Gasteiger partial charge in [-0.1, -0.05) is 24.3 Å². The van der Waals surface area contributed by atoms with Crippen molar-refractivity contribution in [1.29, 1.82) is 0 Å². The molecule has 0 saturated heterocycles. The van der Waals surface area contributed by atoms with Crippen LogP contribution in [-0.2, 0) is 6.54 Å². The maximum absolute atomic E-state index is 8.63. The van der Waals surface area contributed by atoms with Crippen LogP contribution in [0.2, 0.25) is 0 Å². The van der Waals surface area contributed by atoms with Gasteiger partial charge in [0, 0.05) is 18.5 Å². The maximum Gasteiger partial charge on any atom is 0.0705 e. The van der Waals surface area contributed by atoms with Gasteiger partial charge in [-0.15, -0.1) is 12.4 Å². The third-order valence-corrected chi connectivity index (χ3v) is 2.25. The number of nitrogens with zero attached hydrogens (tertiary/aromatic N) is 1. The van der Waals surface area contributed by atoms with Crippen LogP contribution < -0.4 is 5.32 Å². The van der Waals surface area contributed by atoms with Crippen molar-refractivity contribution >= 4 is 23.3 Å². The molecule has 86 valence electrons. The van der Waals surface area contributed by atoms with Crippen molar-refractivity contribution in [2.75, 3.05) is 13.2 Å². The molecule has 4 heteroatoms. The smallest absolute Gasteiger partial charge is 0.0705 e. The van der Waals surface area contributed by atoms with Crippen molar-refractivity contribution in [3.63, 3.8) is 0 Å². The summed E-state index contributed by atoms with van der Waals surface area (Å²) in [4.78, 5) is 4.50. The van der Waals surface area contributed by atoms with Gasteiger partial charge in [-0.05, 0) is 12.1 Å². The van der Waals surface area contributed by atoms with Gasteiger partial charge >= 0.3 is 0 Å². The molecule has 16 heavy (non-hydrogen) atoms. The molecule has 0 aliphatic heterocycles. The lowest BCUT2D eigenvalue weighted by Crippen LogP contribution is -2.18. The van der Waals surface area contributed by atoms with Gasteiger partial charge in [0.1, 0.15) is 0 Å². The van der Waals surface area contributed by atoms with E-state index >= 15 is 0 Å². The standard InChI is InChI=1S/C12H14N2O.ClH/c15-8-7-13-9-11-6-5-10-3-1-2-4-12(10)14-11;/h1-6,13,15H,7-9H2;1H. The number of aromatic nitrogens is 1. The molecule has 0 spiro atoms. The highest BCUT2D eigenvalue weighted by atomic mass is 35.5. The van der Waals surface area contributed by atoms with E-state index in [0.29, 0.717) is 13.1 Å². The minimum absolute atomic E-state index is 0. The summed E-state index contributed by atoms with van der Waals surface area (Å²) < 4.78 is 0. The van der Waals surface area contributed by atoms with Gasteiger partial charge in [-0.2, -0.15) is 0 Å². The summed E-state index contributed by atoms with van der Waals surface area (Å²) in [7, 11) is 0. The summed E-state index contributed by atoms with van der Waals surface area (Å²) >= 11 is 0. The van der Waals surface area contributed by atoms with Crippen molar-refractivity contribution in [2.24, 2.45) is 0 Å². The lowest BCUT2D eigenvalue weighted by atomic mass is 10.2. The number of benzene rings is 1. The number of nitrogens with one attached hydrogen (secondary N) is 1. The molecule has 2 rings (SSSR count). The molecule has 1 aromatic heterocycles. The number of rotatable bonds is 4. The Hall–Kier alpha value is -1.16. The van der Waals surface area contributed by atoms with E-state index in [0.717, 1.165) is 16.6 Å². The molecule has 0 bridgehead atoms. The zero-order chi connectivity index (χ0) is 10.5. The Morgan fingerprint density at radius 1 is 1.12 bits per heavy atom. The first-order valence-corrected chi connectivity index (χ1v) is 5.06. The second-order valence-electron chi connectivity index (χ2n) is 3.40. The molecule has 0 unspecified atom stereocenters. The molecule has 3 nitrogen and oxygen atoms in total. The fourth-order valence-corrected chi connectivity index (χ4v) is 1.50. The Labute approximate surface area is 101 Å². The second kappa shape index (κ2) is 6.43. The lowest BCUT2D eigenvalue weighted by molar-refractivity contribution is 0.291. The highest BCUT2D eigenvalue weighted by Gasteiger charge is 1.96. The van der Waals surface area contributed by atoms with Gasteiger partial charge in [0.25, 0.3) is 0 Å². The van der Waals surface area contributed by atoms with Gasteiger partial charge in [0.15, 0.2) is 0 Å². The minimum Gasteiger partial charge on any atom is -0.395 e. The molecule has 1 aromatic carbocycles. The van der Waals surface area contributed by atoms with Crippen LogP contribution >= 0.6 is 12.4 Å². The van der Waals surface area contributed by atoms with Crippen molar-refractivity contribution in [3.8, 4) is 0 Å². The molecule has 0 aliphatic carbocycles. The average molecular weight is 239 g/mol. The minimum atomic E-state index is 0. The van der Waals surface area contributed by atoms with Crippen molar-refractivity contribution in [1.82, 2.24) is 10.3 Å².